The van der Waals surface area contributed by atoms with Crippen molar-refractivity contribution >= 4 is 23.2 Å². The Hall–Kier alpha value is -2.18. The van der Waals surface area contributed by atoms with Gasteiger partial charge in [0.25, 0.3) is 11.8 Å². The fourth-order valence-corrected chi connectivity index (χ4v) is 3.41. The molecule has 3 rings (SSSR count). The number of amides is 2. The largest absolute Gasteiger partial charge is 0.378 e. The number of rotatable bonds is 7. The minimum atomic E-state index is -0.0778. The first kappa shape index (κ1) is 17.6. The molecule has 2 heterocycles. The maximum Gasteiger partial charge on any atom is 0.261 e. The number of carbonyl (C=O) groups is 2. The molecular formula is C19H22N2O3S. The van der Waals surface area contributed by atoms with Crippen LogP contribution in [0.1, 0.15) is 44.9 Å². The molecule has 0 aliphatic carbocycles. The van der Waals surface area contributed by atoms with Gasteiger partial charge in [0.05, 0.1) is 11.0 Å². The molecule has 1 saturated heterocycles. The second kappa shape index (κ2) is 8.78. The zero-order valence-electron chi connectivity index (χ0n) is 14.0. The molecule has 2 N–H and O–H groups in total. The number of carbonyl (C=O) groups excluding carboxylic acids is 2. The number of hydrogen-bond acceptors (Lipinski definition) is 4. The molecule has 0 radical (unpaired) electrons. The molecule has 1 aromatic heterocycles. The third kappa shape index (κ3) is 5.14. The molecule has 0 unspecified atom stereocenters. The van der Waals surface area contributed by atoms with E-state index in [9.17, 15) is 9.59 Å². The Morgan fingerprint density at radius 1 is 1.12 bits per heavy atom. The van der Waals surface area contributed by atoms with Gasteiger partial charge in [0.15, 0.2) is 0 Å². The van der Waals surface area contributed by atoms with Crippen LogP contribution in [0.4, 0.5) is 0 Å². The zero-order chi connectivity index (χ0) is 17.5. The van der Waals surface area contributed by atoms with Gasteiger partial charge in [-0.1, -0.05) is 18.2 Å². The van der Waals surface area contributed by atoms with E-state index < -0.39 is 0 Å². The predicted molar refractivity (Wildman–Crippen MR) is 97.9 cm³/mol. The summed E-state index contributed by atoms with van der Waals surface area (Å²) in [6.07, 6.45) is 3.35. The Balaban J connectivity index is 1.43. The first-order valence-electron chi connectivity index (χ1n) is 8.53. The van der Waals surface area contributed by atoms with Crippen molar-refractivity contribution in [2.75, 3.05) is 13.2 Å². The molecule has 0 spiro atoms. The fraction of sp³-hybridized carbons (Fsp3) is 0.368. The zero-order valence-corrected chi connectivity index (χ0v) is 14.8. The number of thiophene rings is 1. The van der Waals surface area contributed by atoms with Gasteiger partial charge < -0.3 is 15.4 Å². The van der Waals surface area contributed by atoms with E-state index in [2.05, 4.69) is 10.6 Å². The Morgan fingerprint density at radius 2 is 1.96 bits per heavy atom. The second-order valence-electron chi connectivity index (χ2n) is 6.04. The van der Waals surface area contributed by atoms with E-state index >= 15 is 0 Å². The van der Waals surface area contributed by atoms with Crippen LogP contribution < -0.4 is 10.6 Å². The molecule has 0 bridgehead atoms. The summed E-state index contributed by atoms with van der Waals surface area (Å²) < 4.78 is 5.54. The summed E-state index contributed by atoms with van der Waals surface area (Å²) in [5.41, 5.74) is 1.58. The quantitative estimate of drug-likeness (QED) is 0.800. The molecule has 132 valence electrons. The predicted octanol–water partition coefficient (Wildman–Crippen LogP) is 2.98. The normalized spacial score (nSPS) is 16.6. The van der Waals surface area contributed by atoms with E-state index in [0.29, 0.717) is 23.5 Å². The molecule has 25 heavy (non-hydrogen) atoms. The van der Waals surface area contributed by atoms with E-state index in [1.807, 2.05) is 23.6 Å². The molecule has 2 aromatic rings. The lowest BCUT2D eigenvalue weighted by Gasteiger charge is -2.10. The van der Waals surface area contributed by atoms with Crippen LogP contribution in [-0.2, 0) is 11.3 Å². The number of benzene rings is 1. The Kier molecular flexibility index (Phi) is 6.19. The molecule has 1 aliphatic rings. The van der Waals surface area contributed by atoms with Crippen LogP contribution in [0.25, 0.3) is 0 Å². The van der Waals surface area contributed by atoms with Gasteiger partial charge >= 0.3 is 0 Å². The average molecular weight is 358 g/mol. The van der Waals surface area contributed by atoms with Crippen molar-refractivity contribution in [3.63, 3.8) is 0 Å². The Morgan fingerprint density at radius 3 is 2.64 bits per heavy atom. The molecule has 1 fully saturated rings. The van der Waals surface area contributed by atoms with Crippen LogP contribution in [0.15, 0.2) is 41.8 Å². The van der Waals surface area contributed by atoms with Gasteiger partial charge in [-0.15, -0.1) is 11.3 Å². The lowest BCUT2D eigenvalue weighted by atomic mass is 10.1. The van der Waals surface area contributed by atoms with Crippen molar-refractivity contribution < 1.29 is 14.3 Å². The fourth-order valence-electron chi connectivity index (χ4n) is 2.77. The van der Waals surface area contributed by atoms with Crippen LogP contribution in [0.5, 0.6) is 0 Å². The van der Waals surface area contributed by atoms with Crippen LogP contribution in [-0.4, -0.2) is 31.1 Å². The van der Waals surface area contributed by atoms with Gasteiger partial charge in [0.2, 0.25) is 0 Å². The molecule has 2 amide bonds. The SMILES string of the molecule is O=C(NCC[C@@H]1CCCO1)c1ccc(CNC(=O)c2cccs2)cc1. The van der Waals surface area contributed by atoms with Crippen LogP contribution in [0.2, 0.25) is 0 Å². The lowest BCUT2D eigenvalue weighted by molar-refractivity contribution is 0.0905. The topological polar surface area (TPSA) is 67.4 Å². The summed E-state index contributed by atoms with van der Waals surface area (Å²) in [6.45, 7) is 1.91. The summed E-state index contributed by atoms with van der Waals surface area (Å²) >= 11 is 1.42. The minimum absolute atomic E-state index is 0.0767. The molecule has 5 nitrogen and oxygen atoms in total. The Labute approximate surface area is 151 Å². The van der Waals surface area contributed by atoms with Gasteiger partial charge in [-0.2, -0.15) is 0 Å². The first-order valence-corrected chi connectivity index (χ1v) is 9.41. The maximum absolute atomic E-state index is 12.1. The summed E-state index contributed by atoms with van der Waals surface area (Å²) in [5, 5.41) is 7.68. The molecule has 1 atom stereocenters. The van der Waals surface area contributed by atoms with Gasteiger partial charge in [-0.05, 0) is 48.4 Å². The number of hydrogen-bond donors (Lipinski definition) is 2. The summed E-state index contributed by atoms with van der Waals surface area (Å²) in [7, 11) is 0. The summed E-state index contributed by atoms with van der Waals surface area (Å²) in [4.78, 5) is 24.7. The van der Waals surface area contributed by atoms with Crippen LogP contribution >= 0.6 is 11.3 Å². The van der Waals surface area contributed by atoms with Gasteiger partial charge in [0, 0.05) is 25.3 Å². The second-order valence-corrected chi connectivity index (χ2v) is 6.98. The molecule has 1 aromatic carbocycles. The minimum Gasteiger partial charge on any atom is -0.378 e. The van der Waals surface area contributed by atoms with E-state index in [1.165, 1.54) is 11.3 Å². The van der Waals surface area contributed by atoms with Crippen molar-refractivity contribution in [2.24, 2.45) is 0 Å². The molecular weight excluding hydrogens is 336 g/mol. The van der Waals surface area contributed by atoms with Crippen molar-refractivity contribution in [3.8, 4) is 0 Å². The van der Waals surface area contributed by atoms with Gasteiger partial charge in [-0.3, -0.25) is 9.59 Å². The van der Waals surface area contributed by atoms with E-state index in [4.69, 9.17) is 4.74 Å². The lowest BCUT2D eigenvalue weighted by Crippen LogP contribution is -2.27. The van der Waals surface area contributed by atoms with Gasteiger partial charge in [0.1, 0.15) is 0 Å². The average Bonchev–Trinajstić information content (AvgIpc) is 3.34. The van der Waals surface area contributed by atoms with E-state index in [0.717, 1.165) is 31.4 Å². The van der Waals surface area contributed by atoms with Crippen molar-refractivity contribution in [3.05, 3.63) is 57.8 Å². The molecule has 6 heteroatoms. The smallest absolute Gasteiger partial charge is 0.261 e. The van der Waals surface area contributed by atoms with Crippen molar-refractivity contribution in [1.29, 1.82) is 0 Å². The van der Waals surface area contributed by atoms with Gasteiger partial charge in [-0.25, -0.2) is 0 Å². The highest BCUT2D eigenvalue weighted by Gasteiger charge is 2.15. The van der Waals surface area contributed by atoms with E-state index in [-0.39, 0.29) is 17.9 Å². The third-order valence-corrected chi connectivity index (χ3v) is 5.06. The van der Waals surface area contributed by atoms with Crippen LogP contribution in [0, 0.1) is 0 Å². The standard InChI is InChI=1S/C19H22N2O3S/c22-18(20-10-9-16-3-1-11-24-16)15-7-5-14(6-8-15)13-21-19(23)17-4-2-12-25-17/h2,4-8,12,16H,1,3,9-11,13H2,(H,20,22)(H,21,23)/t16-/m0/s1. The maximum atomic E-state index is 12.1. The van der Waals surface area contributed by atoms with Crippen molar-refractivity contribution in [2.45, 2.75) is 31.9 Å². The highest BCUT2D eigenvalue weighted by atomic mass is 32.1. The molecule has 0 saturated carbocycles. The van der Waals surface area contributed by atoms with Crippen molar-refractivity contribution in [1.82, 2.24) is 10.6 Å². The van der Waals surface area contributed by atoms with Crippen LogP contribution in [0.3, 0.4) is 0 Å². The van der Waals surface area contributed by atoms with E-state index in [1.54, 1.807) is 18.2 Å². The Bertz CT molecular complexity index is 692. The number of ether oxygens (including phenoxy) is 1. The third-order valence-electron chi connectivity index (χ3n) is 4.19. The first-order chi connectivity index (χ1) is 12.2. The number of nitrogens with one attached hydrogen (secondary N) is 2. The summed E-state index contributed by atoms with van der Waals surface area (Å²) in [5.74, 6) is -0.155. The highest BCUT2D eigenvalue weighted by Crippen LogP contribution is 2.14. The summed E-state index contributed by atoms with van der Waals surface area (Å²) in [6, 6.07) is 10.9. The highest BCUT2D eigenvalue weighted by molar-refractivity contribution is 7.12. The monoisotopic (exact) mass is 358 g/mol. The molecule has 1 aliphatic heterocycles.